The van der Waals surface area contributed by atoms with Crippen molar-refractivity contribution in [3.8, 4) is 0 Å². The lowest BCUT2D eigenvalue weighted by atomic mass is 10.3. The van der Waals surface area contributed by atoms with Crippen molar-refractivity contribution >= 4 is 28.5 Å². The lowest BCUT2D eigenvalue weighted by Gasteiger charge is -1.89. The lowest BCUT2D eigenvalue weighted by Crippen LogP contribution is -1.86. The van der Waals surface area contributed by atoms with Crippen molar-refractivity contribution in [2.75, 3.05) is 5.75 Å². The van der Waals surface area contributed by atoms with Crippen molar-refractivity contribution in [2.45, 2.75) is 18.6 Å². The number of oxazole rings is 1. The summed E-state index contributed by atoms with van der Waals surface area (Å²) in [6.07, 6.45) is 1.03. The molecule has 5 nitrogen and oxygen atoms in total. The maximum absolute atomic E-state index is 10.6. The van der Waals surface area contributed by atoms with Crippen LogP contribution in [0.2, 0.25) is 0 Å². The first kappa shape index (κ1) is 10.9. The Hall–Kier alpha value is -1.56. The summed E-state index contributed by atoms with van der Waals surface area (Å²) in [6, 6.07) is 4.43. The Bertz CT molecular complexity index is 524. The highest BCUT2D eigenvalue weighted by Gasteiger charge is 2.11. The van der Waals surface area contributed by atoms with Crippen molar-refractivity contribution in [3.05, 3.63) is 28.3 Å². The molecule has 0 aliphatic heterocycles. The first-order chi connectivity index (χ1) is 7.70. The number of non-ortho nitro benzene ring substituents is 1. The van der Waals surface area contributed by atoms with Gasteiger partial charge in [0.05, 0.1) is 11.0 Å². The van der Waals surface area contributed by atoms with Gasteiger partial charge in [-0.2, -0.15) is 0 Å². The Morgan fingerprint density at radius 3 is 3.06 bits per heavy atom. The van der Waals surface area contributed by atoms with Crippen LogP contribution in [0, 0.1) is 10.1 Å². The Morgan fingerprint density at radius 2 is 2.38 bits per heavy atom. The van der Waals surface area contributed by atoms with Crippen molar-refractivity contribution < 1.29 is 9.34 Å². The van der Waals surface area contributed by atoms with Gasteiger partial charge in [0.25, 0.3) is 10.9 Å². The van der Waals surface area contributed by atoms with Gasteiger partial charge in [-0.3, -0.25) is 10.1 Å². The number of nitro benzene ring substituents is 1. The first-order valence-corrected chi connectivity index (χ1v) is 5.87. The fourth-order valence-electron chi connectivity index (χ4n) is 1.26. The van der Waals surface area contributed by atoms with Gasteiger partial charge in [0.15, 0.2) is 5.58 Å². The molecule has 16 heavy (non-hydrogen) atoms. The number of thioether (sulfide) groups is 1. The average Bonchev–Trinajstić information content (AvgIpc) is 2.67. The Balaban J connectivity index is 2.34. The summed E-state index contributed by atoms with van der Waals surface area (Å²) in [5, 5.41) is 11.1. The molecule has 84 valence electrons. The van der Waals surface area contributed by atoms with Crippen LogP contribution in [0.15, 0.2) is 27.8 Å². The minimum Gasteiger partial charge on any atom is -0.431 e. The van der Waals surface area contributed by atoms with E-state index in [-0.39, 0.29) is 5.69 Å². The number of fused-ring (bicyclic) bond motifs is 1. The molecule has 2 aromatic rings. The van der Waals surface area contributed by atoms with Crippen LogP contribution >= 0.6 is 11.8 Å². The standard InChI is InChI=1S/C10H10N2O3S/c1-2-5-16-10-11-8-4-3-7(12(13)14)6-9(8)15-10/h3-4,6H,2,5H2,1H3. The predicted octanol–water partition coefficient (Wildman–Crippen LogP) is 3.24. The number of nitro groups is 1. The maximum atomic E-state index is 10.6. The van der Waals surface area contributed by atoms with Gasteiger partial charge in [0.2, 0.25) is 0 Å². The summed E-state index contributed by atoms with van der Waals surface area (Å²) in [7, 11) is 0. The Morgan fingerprint density at radius 1 is 1.56 bits per heavy atom. The van der Waals surface area contributed by atoms with Crippen LogP contribution in [0.4, 0.5) is 5.69 Å². The van der Waals surface area contributed by atoms with Crippen LogP contribution in [-0.2, 0) is 0 Å². The van der Waals surface area contributed by atoms with Gasteiger partial charge in [-0.05, 0) is 12.5 Å². The van der Waals surface area contributed by atoms with Crippen molar-refractivity contribution in [3.63, 3.8) is 0 Å². The number of benzene rings is 1. The number of hydrogen-bond donors (Lipinski definition) is 0. The lowest BCUT2D eigenvalue weighted by molar-refractivity contribution is -0.384. The fourth-order valence-corrected chi connectivity index (χ4v) is 1.95. The Kier molecular flexibility index (Phi) is 3.09. The number of hydrogen-bond acceptors (Lipinski definition) is 5. The average molecular weight is 238 g/mol. The molecule has 6 heteroatoms. The largest absolute Gasteiger partial charge is 0.431 e. The molecule has 0 saturated carbocycles. The minimum atomic E-state index is -0.444. The number of rotatable bonds is 4. The second kappa shape index (κ2) is 4.52. The third-order valence-electron chi connectivity index (χ3n) is 1.99. The molecule has 0 saturated heterocycles. The van der Waals surface area contributed by atoms with E-state index in [1.807, 2.05) is 0 Å². The molecule has 1 aromatic heterocycles. The molecule has 0 radical (unpaired) electrons. The highest BCUT2D eigenvalue weighted by atomic mass is 32.2. The van der Waals surface area contributed by atoms with E-state index in [1.54, 1.807) is 6.07 Å². The zero-order valence-corrected chi connectivity index (χ0v) is 9.49. The van der Waals surface area contributed by atoms with Gasteiger partial charge >= 0.3 is 0 Å². The van der Waals surface area contributed by atoms with E-state index in [2.05, 4.69) is 11.9 Å². The molecule has 0 aliphatic carbocycles. The summed E-state index contributed by atoms with van der Waals surface area (Å²) in [6.45, 7) is 2.07. The van der Waals surface area contributed by atoms with E-state index in [4.69, 9.17) is 4.42 Å². The van der Waals surface area contributed by atoms with Gasteiger partial charge in [0, 0.05) is 11.8 Å². The van der Waals surface area contributed by atoms with Gasteiger partial charge in [-0.15, -0.1) is 0 Å². The maximum Gasteiger partial charge on any atom is 0.273 e. The number of aromatic nitrogens is 1. The molecule has 0 atom stereocenters. The second-order valence-electron chi connectivity index (χ2n) is 3.24. The van der Waals surface area contributed by atoms with Gasteiger partial charge in [-0.1, -0.05) is 18.7 Å². The topological polar surface area (TPSA) is 69.2 Å². The van der Waals surface area contributed by atoms with Crippen molar-refractivity contribution in [1.29, 1.82) is 0 Å². The molecule has 0 bridgehead atoms. The summed E-state index contributed by atoms with van der Waals surface area (Å²) in [5.41, 5.74) is 1.15. The third kappa shape index (κ3) is 2.16. The molecule has 0 unspecified atom stereocenters. The SMILES string of the molecule is CCCSc1nc2ccc([N+](=O)[O-])cc2o1. The van der Waals surface area contributed by atoms with E-state index in [0.717, 1.165) is 12.2 Å². The molecular formula is C10H10N2O3S. The summed E-state index contributed by atoms with van der Waals surface area (Å²) < 4.78 is 5.41. The quantitative estimate of drug-likeness (QED) is 0.464. The molecule has 1 heterocycles. The smallest absolute Gasteiger partial charge is 0.273 e. The highest BCUT2D eigenvalue weighted by Crippen LogP contribution is 2.26. The normalized spacial score (nSPS) is 10.8. The van der Waals surface area contributed by atoms with Crippen LogP contribution < -0.4 is 0 Å². The van der Waals surface area contributed by atoms with E-state index in [0.29, 0.717) is 16.3 Å². The summed E-state index contributed by atoms with van der Waals surface area (Å²) in [5.74, 6) is 0.926. The van der Waals surface area contributed by atoms with Gasteiger partial charge in [-0.25, -0.2) is 4.98 Å². The molecule has 0 amide bonds. The fraction of sp³-hybridized carbons (Fsp3) is 0.300. The zero-order valence-electron chi connectivity index (χ0n) is 8.67. The van der Waals surface area contributed by atoms with Crippen LogP contribution in [0.5, 0.6) is 0 Å². The van der Waals surface area contributed by atoms with E-state index in [9.17, 15) is 10.1 Å². The molecule has 0 spiro atoms. The van der Waals surface area contributed by atoms with Crippen LogP contribution in [0.3, 0.4) is 0 Å². The second-order valence-corrected chi connectivity index (χ2v) is 4.28. The van der Waals surface area contributed by atoms with Crippen molar-refractivity contribution in [1.82, 2.24) is 4.98 Å². The molecule has 2 rings (SSSR count). The van der Waals surface area contributed by atoms with Gasteiger partial charge in [0.1, 0.15) is 5.52 Å². The first-order valence-electron chi connectivity index (χ1n) is 4.88. The molecule has 0 aliphatic rings. The van der Waals surface area contributed by atoms with Gasteiger partial charge < -0.3 is 4.42 Å². The molecule has 0 N–H and O–H groups in total. The summed E-state index contributed by atoms with van der Waals surface area (Å²) in [4.78, 5) is 14.3. The molecular weight excluding hydrogens is 228 g/mol. The van der Waals surface area contributed by atoms with Crippen molar-refractivity contribution in [2.24, 2.45) is 0 Å². The predicted molar refractivity (Wildman–Crippen MR) is 61.7 cm³/mol. The molecule has 0 fully saturated rings. The van der Waals surface area contributed by atoms with Crippen LogP contribution in [0.25, 0.3) is 11.1 Å². The third-order valence-corrected chi connectivity index (χ3v) is 3.03. The number of nitrogens with zero attached hydrogens (tertiary/aromatic N) is 2. The van der Waals surface area contributed by atoms with E-state index >= 15 is 0 Å². The summed E-state index contributed by atoms with van der Waals surface area (Å²) >= 11 is 1.51. The molecule has 1 aromatic carbocycles. The van der Waals surface area contributed by atoms with E-state index in [1.165, 1.54) is 23.9 Å². The minimum absolute atomic E-state index is 0.0238. The van der Waals surface area contributed by atoms with Crippen LogP contribution in [0.1, 0.15) is 13.3 Å². The van der Waals surface area contributed by atoms with Crippen LogP contribution in [-0.4, -0.2) is 15.7 Å². The monoisotopic (exact) mass is 238 g/mol. The van der Waals surface area contributed by atoms with E-state index < -0.39 is 4.92 Å². The zero-order chi connectivity index (χ0) is 11.5. The Labute approximate surface area is 96.0 Å². The highest BCUT2D eigenvalue weighted by molar-refractivity contribution is 7.99.